The quantitative estimate of drug-likeness (QED) is 0.684. The molecule has 0 radical (unpaired) electrons. The average Bonchev–Trinajstić information content (AvgIpc) is 2.85. The standard InChI is InChI=1S/C17H10F2O5/c18-17(19)23-14-8-6-10(9-15(14)24-17)5-7-13(20)11-3-1-2-4-12(11)16(21)22/h1-9H,(H,21,22)/b7-5+. The molecular weight excluding hydrogens is 322 g/mol. The van der Waals surface area contributed by atoms with E-state index in [1.54, 1.807) is 6.07 Å². The second-order valence-electron chi connectivity index (χ2n) is 4.92. The topological polar surface area (TPSA) is 72.8 Å². The summed E-state index contributed by atoms with van der Waals surface area (Å²) in [5.41, 5.74) is 0.349. The van der Waals surface area contributed by atoms with Crippen LogP contribution >= 0.6 is 0 Å². The van der Waals surface area contributed by atoms with E-state index >= 15 is 0 Å². The first-order valence-electron chi connectivity index (χ1n) is 6.80. The summed E-state index contributed by atoms with van der Waals surface area (Å²) in [5.74, 6) is -1.96. The molecule has 0 amide bonds. The Labute approximate surface area is 134 Å². The van der Waals surface area contributed by atoms with Gasteiger partial charge in [-0.15, -0.1) is 8.78 Å². The van der Waals surface area contributed by atoms with Gasteiger partial charge in [0.25, 0.3) is 0 Å². The van der Waals surface area contributed by atoms with Gasteiger partial charge in [0.1, 0.15) is 0 Å². The van der Waals surface area contributed by atoms with Crippen molar-refractivity contribution in [2.75, 3.05) is 0 Å². The maximum Gasteiger partial charge on any atom is 0.586 e. The molecule has 0 unspecified atom stereocenters. The molecule has 0 aromatic heterocycles. The molecule has 2 aromatic rings. The Morgan fingerprint density at radius 2 is 1.67 bits per heavy atom. The highest BCUT2D eigenvalue weighted by Crippen LogP contribution is 2.41. The number of carbonyl (C=O) groups is 2. The summed E-state index contributed by atoms with van der Waals surface area (Å²) in [6.45, 7) is 0. The van der Waals surface area contributed by atoms with Gasteiger partial charge in [-0.1, -0.05) is 30.3 Å². The monoisotopic (exact) mass is 332 g/mol. The minimum atomic E-state index is -3.71. The lowest BCUT2D eigenvalue weighted by Crippen LogP contribution is -2.25. The second-order valence-corrected chi connectivity index (χ2v) is 4.92. The van der Waals surface area contributed by atoms with Crippen molar-refractivity contribution >= 4 is 17.8 Å². The number of carbonyl (C=O) groups excluding carboxylic acids is 1. The Morgan fingerprint density at radius 1 is 1.00 bits per heavy atom. The molecule has 0 spiro atoms. The molecule has 5 nitrogen and oxygen atoms in total. The number of benzene rings is 2. The van der Waals surface area contributed by atoms with E-state index in [9.17, 15) is 18.4 Å². The SMILES string of the molecule is O=C(O)c1ccccc1C(=O)/C=C/c1ccc2c(c1)OC(F)(F)O2. The van der Waals surface area contributed by atoms with Crippen LogP contribution in [0.2, 0.25) is 0 Å². The van der Waals surface area contributed by atoms with Gasteiger partial charge >= 0.3 is 12.3 Å². The number of allylic oxidation sites excluding steroid dienone is 1. The molecule has 3 rings (SSSR count). The van der Waals surface area contributed by atoms with Crippen molar-refractivity contribution in [1.82, 2.24) is 0 Å². The van der Waals surface area contributed by atoms with Crippen molar-refractivity contribution in [3.63, 3.8) is 0 Å². The molecule has 7 heteroatoms. The number of alkyl halides is 2. The van der Waals surface area contributed by atoms with Crippen LogP contribution in [0.4, 0.5) is 8.78 Å². The summed E-state index contributed by atoms with van der Waals surface area (Å²) in [6.07, 6.45) is -1.17. The molecule has 0 bridgehead atoms. The van der Waals surface area contributed by atoms with Gasteiger partial charge in [-0.05, 0) is 29.8 Å². The number of hydrogen-bond donors (Lipinski definition) is 1. The zero-order chi connectivity index (χ0) is 17.3. The Hall–Kier alpha value is -3.22. The van der Waals surface area contributed by atoms with Crippen LogP contribution in [0.15, 0.2) is 48.5 Å². The van der Waals surface area contributed by atoms with Crippen LogP contribution in [0, 0.1) is 0 Å². The Kier molecular flexibility index (Phi) is 3.76. The number of ether oxygens (including phenoxy) is 2. The molecule has 1 aliphatic rings. The molecule has 0 fully saturated rings. The summed E-state index contributed by atoms with van der Waals surface area (Å²) in [7, 11) is 0. The molecule has 2 aromatic carbocycles. The zero-order valence-corrected chi connectivity index (χ0v) is 12.0. The number of carboxylic acid groups (broad SMARTS) is 1. The maximum absolute atomic E-state index is 13.0. The van der Waals surface area contributed by atoms with E-state index in [1.165, 1.54) is 42.5 Å². The Bertz CT molecular complexity index is 858. The van der Waals surface area contributed by atoms with E-state index < -0.39 is 18.0 Å². The van der Waals surface area contributed by atoms with E-state index in [0.29, 0.717) is 5.56 Å². The molecule has 1 aliphatic heterocycles. The molecule has 1 N–H and O–H groups in total. The fourth-order valence-electron chi connectivity index (χ4n) is 2.22. The third-order valence-corrected chi connectivity index (χ3v) is 3.28. The average molecular weight is 332 g/mol. The van der Waals surface area contributed by atoms with Gasteiger partial charge in [-0.2, -0.15) is 0 Å². The van der Waals surface area contributed by atoms with Gasteiger partial charge in [-0.25, -0.2) is 4.79 Å². The predicted octanol–water partition coefficient (Wildman–Crippen LogP) is 3.60. The number of ketones is 1. The van der Waals surface area contributed by atoms with Crippen LogP contribution in [-0.2, 0) is 0 Å². The lowest BCUT2D eigenvalue weighted by atomic mass is 10.0. The molecule has 0 aliphatic carbocycles. The van der Waals surface area contributed by atoms with Crippen LogP contribution in [0.3, 0.4) is 0 Å². The molecule has 0 saturated carbocycles. The smallest absolute Gasteiger partial charge is 0.478 e. The zero-order valence-electron chi connectivity index (χ0n) is 12.0. The van der Waals surface area contributed by atoms with E-state index in [-0.39, 0.29) is 22.6 Å². The first-order valence-corrected chi connectivity index (χ1v) is 6.80. The fourth-order valence-corrected chi connectivity index (χ4v) is 2.22. The number of hydrogen-bond acceptors (Lipinski definition) is 4. The summed E-state index contributed by atoms with van der Waals surface area (Å²) in [5, 5.41) is 9.08. The van der Waals surface area contributed by atoms with Crippen LogP contribution in [0.25, 0.3) is 6.08 Å². The van der Waals surface area contributed by atoms with E-state index in [0.717, 1.165) is 6.08 Å². The summed E-state index contributed by atoms with van der Waals surface area (Å²) in [6, 6.07) is 9.85. The second kappa shape index (κ2) is 5.77. The maximum atomic E-state index is 13.0. The summed E-state index contributed by atoms with van der Waals surface area (Å²) >= 11 is 0. The summed E-state index contributed by atoms with van der Waals surface area (Å²) < 4.78 is 34.5. The molecule has 0 atom stereocenters. The van der Waals surface area contributed by atoms with Crippen LogP contribution in [0.5, 0.6) is 11.5 Å². The van der Waals surface area contributed by atoms with Gasteiger partial charge in [0.05, 0.1) is 5.56 Å². The van der Waals surface area contributed by atoms with Crippen molar-refractivity contribution in [3.8, 4) is 11.5 Å². The van der Waals surface area contributed by atoms with Crippen molar-refractivity contribution < 1.29 is 33.0 Å². The number of rotatable bonds is 4. The minimum Gasteiger partial charge on any atom is -0.478 e. The number of fused-ring (bicyclic) bond motifs is 1. The lowest BCUT2D eigenvalue weighted by Gasteiger charge is -2.04. The van der Waals surface area contributed by atoms with Gasteiger partial charge in [0.15, 0.2) is 17.3 Å². The first kappa shape index (κ1) is 15.7. The normalized spacial score (nSPS) is 14.8. The third kappa shape index (κ3) is 3.10. The van der Waals surface area contributed by atoms with Crippen molar-refractivity contribution in [2.45, 2.75) is 6.29 Å². The van der Waals surface area contributed by atoms with Crippen LogP contribution < -0.4 is 9.47 Å². The van der Waals surface area contributed by atoms with E-state index in [2.05, 4.69) is 9.47 Å². The largest absolute Gasteiger partial charge is 0.586 e. The minimum absolute atomic E-state index is 0.0357. The first-order chi connectivity index (χ1) is 11.4. The van der Waals surface area contributed by atoms with E-state index in [1.807, 2.05) is 0 Å². The Morgan fingerprint density at radius 3 is 2.38 bits per heavy atom. The highest BCUT2D eigenvalue weighted by molar-refractivity contribution is 6.12. The number of aromatic carboxylic acids is 1. The van der Waals surface area contributed by atoms with Crippen LogP contribution in [0.1, 0.15) is 26.3 Å². The molecular formula is C17H10F2O5. The molecule has 1 heterocycles. The summed E-state index contributed by atoms with van der Waals surface area (Å²) in [4.78, 5) is 23.3. The fraction of sp³-hybridized carbons (Fsp3) is 0.0588. The molecule has 0 saturated heterocycles. The van der Waals surface area contributed by atoms with Gasteiger partial charge in [0, 0.05) is 5.56 Å². The highest BCUT2D eigenvalue weighted by atomic mass is 19.3. The highest BCUT2D eigenvalue weighted by Gasteiger charge is 2.43. The van der Waals surface area contributed by atoms with Crippen molar-refractivity contribution in [3.05, 3.63) is 65.2 Å². The molecule has 122 valence electrons. The number of carboxylic acids is 1. The van der Waals surface area contributed by atoms with Crippen molar-refractivity contribution in [2.24, 2.45) is 0 Å². The Balaban J connectivity index is 1.83. The van der Waals surface area contributed by atoms with Gasteiger partial charge in [-0.3, -0.25) is 4.79 Å². The van der Waals surface area contributed by atoms with Gasteiger partial charge in [0.2, 0.25) is 0 Å². The van der Waals surface area contributed by atoms with Crippen molar-refractivity contribution in [1.29, 1.82) is 0 Å². The lowest BCUT2D eigenvalue weighted by molar-refractivity contribution is -0.286. The predicted molar refractivity (Wildman–Crippen MR) is 79.4 cm³/mol. The molecule has 24 heavy (non-hydrogen) atoms. The van der Waals surface area contributed by atoms with Crippen LogP contribution in [-0.4, -0.2) is 23.2 Å². The third-order valence-electron chi connectivity index (χ3n) is 3.28. The van der Waals surface area contributed by atoms with Gasteiger partial charge < -0.3 is 14.6 Å². The van der Waals surface area contributed by atoms with E-state index in [4.69, 9.17) is 5.11 Å². The number of halogens is 2.